The van der Waals surface area contributed by atoms with Crippen molar-refractivity contribution in [3.8, 4) is 11.5 Å². The molecule has 0 unspecified atom stereocenters. The zero-order chi connectivity index (χ0) is 22.0. The van der Waals surface area contributed by atoms with Crippen molar-refractivity contribution in [2.75, 3.05) is 45.3 Å². The first-order valence-corrected chi connectivity index (χ1v) is 10.6. The number of piperazine rings is 1. The van der Waals surface area contributed by atoms with E-state index in [-0.39, 0.29) is 18.2 Å². The molecule has 0 aliphatic carbocycles. The van der Waals surface area contributed by atoms with Crippen LogP contribution in [0.3, 0.4) is 0 Å². The zero-order valence-corrected chi connectivity index (χ0v) is 18.3. The monoisotopic (exact) mass is 423 g/mol. The molecule has 7 heteroatoms. The third-order valence-corrected chi connectivity index (χ3v) is 6.08. The Morgan fingerprint density at radius 3 is 2.35 bits per heavy atom. The van der Waals surface area contributed by atoms with E-state index in [1.54, 1.807) is 25.3 Å². The van der Waals surface area contributed by atoms with Gasteiger partial charge in [-0.25, -0.2) is 4.90 Å². The second kappa shape index (κ2) is 9.08. The van der Waals surface area contributed by atoms with Gasteiger partial charge in [0.2, 0.25) is 5.91 Å². The van der Waals surface area contributed by atoms with Crippen LogP contribution in [0.4, 0.5) is 5.69 Å². The number of carbonyl (C=O) groups is 2. The number of benzene rings is 2. The molecule has 2 aromatic carbocycles. The molecule has 2 amide bonds. The van der Waals surface area contributed by atoms with Gasteiger partial charge in [0.05, 0.1) is 32.4 Å². The fraction of sp³-hybridized carbons (Fsp3) is 0.417. The quantitative estimate of drug-likeness (QED) is 0.666. The lowest BCUT2D eigenvalue weighted by atomic mass is 10.1. The smallest absolute Gasteiger partial charge is 0.251 e. The second-order valence-corrected chi connectivity index (χ2v) is 8.13. The summed E-state index contributed by atoms with van der Waals surface area (Å²) in [4.78, 5) is 31.7. The lowest BCUT2D eigenvalue weighted by Crippen LogP contribution is -2.52. The number of hydrogen-bond acceptors (Lipinski definition) is 6. The highest BCUT2D eigenvalue weighted by Gasteiger charge is 2.43. The highest BCUT2D eigenvalue weighted by Crippen LogP contribution is 2.34. The Morgan fingerprint density at radius 1 is 0.935 bits per heavy atom. The van der Waals surface area contributed by atoms with Crippen molar-refractivity contribution in [1.29, 1.82) is 0 Å². The fourth-order valence-electron chi connectivity index (χ4n) is 4.44. The van der Waals surface area contributed by atoms with Gasteiger partial charge in [0, 0.05) is 38.8 Å². The van der Waals surface area contributed by atoms with Gasteiger partial charge < -0.3 is 9.47 Å². The molecule has 1 atom stereocenters. The van der Waals surface area contributed by atoms with Crippen molar-refractivity contribution in [3.05, 3.63) is 53.6 Å². The third kappa shape index (κ3) is 4.43. The normalized spacial score (nSPS) is 20.4. The summed E-state index contributed by atoms with van der Waals surface area (Å²) in [5.74, 6) is 0.717. The molecule has 0 spiro atoms. The summed E-state index contributed by atoms with van der Waals surface area (Å²) in [6.45, 7) is 6.31. The Kier molecular flexibility index (Phi) is 6.25. The SMILES string of the molecule is COc1ccc(N2C(=O)C[C@@H](N3CCN(Cc4cccc(C)c4)CC3)C2=O)cc1OC. The van der Waals surface area contributed by atoms with Gasteiger partial charge in [-0.15, -0.1) is 0 Å². The molecule has 164 valence electrons. The molecule has 0 N–H and O–H groups in total. The maximum Gasteiger partial charge on any atom is 0.251 e. The largest absolute Gasteiger partial charge is 0.493 e. The molecule has 0 saturated carbocycles. The summed E-state index contributed by atoms with van der Waals surface area (Å²) >= 11 is 0. The number of aryl methyl sites for hydroxylation is 1. The Bertz CT molecular complexity index is 969. The number of imide groups is 1. The summed E-state index contributed by atoms with van der Waals surface area (Å²) in [5.41, 5.74) is 3.09. The predicted octanol–water partition coefficient (Wildman–Crippen LogP) is 2.46. The Labute approximate surface area is 183 Å². The minimum atomic E-state index is -0.401. The topological polar surface area (TPSA) is 62.3 Å². The number of methoxy groups -OCH3 is 2. The summed E-state index contributed by atoms with van der Waals surface area (Å²) in [5, 5.41) is 0. The summed E-state index contributed by atoms with van der Waals surface area (Å²) in [7, 11) is 3.09. The molecule has 2 aromatic rings. The predicted molar refractivity (Wildman–Crippen MR) is 118 cm³/mol. The van der Waals surface area contributed by atoms with E-state index in [9.17, 15) is 9.59 Å². The van der Waals surface area contributed by atoms with Crippen LogP contribution in [0.2, 0.25) is 0 Å². The molecule has 0 bridgehead atoms. The van der Waals surface area contributed by atoms with Crippen LogP contribution in [0.15, 0.2) is 42.5 Å². The van der Waals surface area contributed by atoms with E-state index in [1.807, 2.05) is 0 Å². The number of rotatable bonds is 6. The van der Waals surface area contributed by atoms with Crippen molar-refractivity contribution >= 4 is 17.5 Å². The van der Waals surface area contributed by atoms with Crippen LogP contribution in [0.5, 0.6) is 11.5 Å². The molecule has 2 aliphatic heterocycles. The van der Waals surface area contributed by atoms with E-state index in [1.165, 1.54) is 23.1 Å². The molecule has 31 heavy (non-hydrogen) atoms. The molecular weight excluding hydrogens is 394 g/mol. The molecule has 0 radical (unpaired) electrons. The van der Waals surface area contributed by atoms with Crippen LogP contribution in [0, 0.1) is 6.92 Å². The van der Waals surface area contributed by atoms with Crippen LogP contribution < -0.4 is 14.4 Å². The van der Waals surface area contributed by atoms with Crippen molar-refractivity contribution in [2.24, 2.45) is 0 Å². The van der Waals surface area contributed by atoms with Gasteiger partial charge in [-0.05, 0) is 24.6 Å². The van der Waals surface area contributed by atoms with Gasteiger partial charge in [-0.3, -0.25) is 19.4 Å². The lowest BCUT2D eigenvalue weighted by molar-refractivity contribution is -0.123. The van der Waals surface area contributed by atoms with E-state index >= 15 is 0 Å². The fourth-order valence-corrected chi connectivity index (χ4v) is 4.44. The van der Waals surface area contributed by atoms with E-state index in [0.29, 0.717) is 17.2 Å². The highest BCUT2D eigenvalue weighted by molar-refractivity contribution is 6.22. The van der Waals surface area contributed by atoms with Crippen molar-refractivity contribution < 1.29 is 19.1 Å². The molecular formula is C24H29N3O4. The second-order valence-electron chi connectivity index (χ2n) is 8.13. The van der Waals surface area contributed by atoms with Crippen LogP contribution in [-0.2, 0) is 16.1 Å². The summed E-state index contributed by atoms with van der Waals surface area (Å²) in [6, 6.07) is 13.3. The Morgan fingerprint density at radius 2 is 1.68 bits per heavy atom. The number of amides is 2. The molecule has 4 rings (SSSR count). The van der Waals surface area contributed by atoms with Crippen molar-refractivity contribution in [2.45, 2.75) is 25.9 Å². The van der Waals surface area contributed by atoms with Gasteiger partial charge in [0.25, 0.3) is 5.91 Å². The summed E-state index contributed by atoms with van der Waals surface area (Å²) < 4.78 is 10.6. The average molecular weight is 424 g/mol. The van der Waals surface area contributed by atoms with E-state index in [4.69, 9.17) is 9.47 Å². The Balaban J connectivity index is 1.40. The molecule has 2 fully saturated rings. The standard InChI is InChI=1S/C24H29N3O4/c1-17-5-4-6-18(13-17)16-25-9-11-26(12-10-25)20-15-23(28)27(24(20)29)19-7-8-21(30-2)22(14-19)31-3/h4-8,13-14,20H,9-12,15-16H2,1-3H3/t20-/m1/s1. The van der Waals surface area contributed by atoms with Gasteiger partial charge in [-0.1, -0.05) is 29.8 Å². The van der Waals surface area contributed by atoms with Crippen molar-refractivity contribution in [3.63, 3.8) is 0 Å². The number of carbonyl (C=O) groups excluding carboxylic acids is 2. The maximum atomic E-state index is 13.2. The van der Waals surface area contributed by atoms with Gasteiger partial charge in [0.1, 0.15) is 0 Å². The molecule has 2 heterocycles. The molecule has 0 aromatic heterocycles. The first-order chi connectivity index (χ1) is 15.0. The molecule has 7 nitrogen and oxygen atoms in total. The van der Waals surface area contributed by atoms with E-state index in [2.05, 4.69) is 41.0 Å². The number of anilines is 1. The Hall–Kier alpha value is -2.90. The van der Waals surface area contributed by atoms with Gasteiger partial charge >= 0.3 is 0 Å². The average Bonchev–Trinajstić information content (AvgIpc) is 3.07. The van der Waals surface area contributed by atoms with Crippen LogP contribution >= 0.6 is 0 Å². The highest BCUT2D eigenvalue weighted by atomic mass is 16.5. The molecule has 2 saturated heterocycles. The first-order valence-electron chi connectivity index (χ1n) is 10.6. The minimum Gasteiger partial charge on any atom is -0.493 e. The molecule has 2 aliphatic rings. The van der Waals surface area contributed by atoms with Crippen LogP contribution in [0.1, 0.15) is 17.5 Å². The van der Waals surface area contributed by atoms with Crippen LogP contribution in [-0.4, -0.2) is 68.1 Å². The number of hydrogen-bond donors (Lipinski definition) is 0. The zero-order valence-electron chi connectivity index (χ0n) is 18.3. The van der Waals surface area contributed by atoms with Gasteiger partial charge in [-0.2, -0.15) is 0 Å². The van der Waals surface area contributed by atoms with E-state index in [0.717, 1.165) is 32.7 Å². The van der Waals surface area contributed by atoms with Gasteiger partial charge in [0.15, 0.2) is 11.5 Å². The first kappa shape index (κ1) is 21.3. The third-order valence-electron chi connectivity index (χ3n) is 6.08. The number of nitrogens with zero attached hydrogens (tertiary/aromatic N) is 3. The maximum absolute atomic E-state index is 13.2. The lowest BCUT2D eigenvalue weighted by Gasteiger charge is -2.37. The summed E-state index contributed by atoms with van der Waals surface area (Å²) in [6.07, 6.45) is 0.213. The minimum absolute atomic E-state index is 0.163. The van der Waals surface area contributed by atoms with E-state index < -0.39 is 6.04 Å². The van der Waals surface area contributed by atoms with Crippen molar-refractivity contribution in [1.82, 2.24) is 9.80 Å². The number of ether oxygens (including phenoxy) is 2. The van der Waals surface area contributed by atoms with Crippen LogP contribution in [0.25, 0.3) is 0 Å².